The van der Waals surface area contributed by atoms with E-state index < -0.39 is 0 Å². The molecule has 4 rings (SSSR count). The first kappa shape index (κ1) is 12.8. The van der Waals surface area contributed by atoms with E-state index in [4.69, 9.17) is 9.15 Å². The van der Waals surface area contributed by atoms with Gasteiger partial charge in [-0.05, 0) is 30.3 Å². The molecule has 3 heteroatoms. The van der Waals surface area contributed by atoms with E-state index in [9.17, 15) is 0 Å². The van der Waals surface area contributed by atoms with Gasteiger partial charge in [0.15, 0.2) is 0 Å². The molecule has 0 aliphatic rings. The molecule has 0 amide bonds. The number of nitrogens with one attached hydrogen (secondary N) is 1. The minimum Gasteiger partial charge on any atom is -0.456 e. The normalized spacial score (nSPS) is 11.0. The third kappa shape index (κ3) is 2.07. The van der Waals surface area contributed by atoms with Gasteiger partial charge in [-0.3, -0.25) is 0 Å². The maximum absolute atomic E-state index is 5.98. The molecule has 0 spiro atoms. The Morgan fingerprint density at radius 3 is 2.50 bits per heavy atom. The summed E-state index contributed by atoms with van der Waals surface area (Å²) in [5, 5.41) is 5.35. The lowest BCUT2D eigenvalue weighted by Crippen LogP contribution is -1.92. The van der Waals surface area contributed by atoms with Gasteiger partial charge in [0.25, 0.3) is 0 Å². The van der Waals surface area contributed by atoms with Crippen LogP contribution >= 0.6 is 0 Å². The van der Waals surface area contributed by atoms with Crippen LogP contribution in [0.1, 0.15) is 0 Å². The molecule has 0 bridgehead atoms. The first-order valence-electron chi connectivity index (χ1n) is 7.21. The van der Waals surface area contributed by atoms with Crippen LogP contribution in [0.4, 0.5) is 5.69 Å². The highest BCUT2D eigenvalue weighted by molar-refractivity contribution is 6.05. The molecule has 108 valence electrons. The van der Waals surface area contributed by atoms with Crippen molar-refractivity contribution >= 4 is 27.6 Å². The van der Waals surface area contributed by atoms with Gasteiger partial charge in [0.05, 0.1) is 5.69 Å². The molecular weight excluding hydrogens is 274 g/mol. The molecule has 1 heterocycles. The lowest BCUT2D eigenvalue weighted by atomic mass is 10.1. The van der Waals surface area contributed by atoms with E-state index in [1.54, 1.807) is 0 Å². The summed E-state index contributed by atoms with van der Waals surface area (Å²) >= 11 is 0. The van der Waals surface area contributed by atoms with Crippen LogP contribution in [0.2, 0.25) is 0 Å². The van der Waals surface area contributed by atoms with Crippen molar-refractivity contribution in [3.8, 4) is 11.5 Å². The van der Waals surface area contributed by atoms with Crippen molar-refractivity contribution < 1.29 is 9.15 Å². The number of fused-ring (bicyclic) bond motifs is 3. The minimum atomic E-state index is 0.759. The highest BCUT2D eigenvalue weighted by Gasteiger charge is 2.08. The van der Waals surface area contributed by atoms with Gasteiger partial charge in [-0.1, -0.05) is 30.3 Å². The molecule has 3 aromatic carbocycles. The first-order valence-corrected chi connectivity index (χ1v) is 7.21. The molecule has 1 aromatic heterocycles. The molecule has 22 heavy (non-hydrogen) atoms. The van der Waals surface area contributed by atoms with E-state index in [0.29, 0.717) is 0 Å². The molecule has 0 atom stereocenters. The van der Waals surface area contributed by atoms with Gasteiger partial charge in [-0.15, -0.1) is 0 Å². The lowest BCUT2D eigenvalue weighted by molar-refractivity contribution is 0.484. The summed E-state index contributed by atoms with van der Waals surface area (Å²) in [6, 6.07) is 21.8. The molecule has 1 N–H and O–H groups in total. The van der Waals surface area contributed by atoms with Crippen LogP contribution in [0.15, 0.2) is 71.1 Å². The Kier molecular flexibility index (Phi) is 2.97. The summed E-state index contributed by atoms with van der Waals surface area (Å²) in [5.74, 6) is 1.55. The molecule has 0 unspecified atom stereocenters. The summed E-state index contributed by atoms with van der Waals surface area (Å²) in [5.41, 5.74) is 2.68. The number of benzene rings is 3. The van der Waals surface area contributed by atoms with Gasteiger partial charge >= 0.3 is 0 Å². The lowest BCUT2D eigenvalue weighted by Gasteiger charge is -2.10. The number of hydrogen-bond acceptors (Lipinski definition) is 3. The molecule has 0 aliphatic carbocycles. The highest BCUT2D eigenvalue weighted by atomic mass is 16.5. The molecule has 0 radical (unpaired) electrons. The van der Waals surface area contributed by atoms with Gasteiger partial charge in [-0.25, -0.2) is 0 Å². The molecule has 0 fully saturated rings. The van der Waals surface area contributed by atoms with Gasteiger partial charge < -0.3 is 14.5 Å². The predicted octanol–water partition coefficient (Wildman–Crippen LogP) is 5.42. The highest BCUT2D eigenvalue weighted by Crippen LogP contribution is 2.34. The van der Waals surface area contributed by atoms with E-state index in [1.807, 2.05) is 67.7 Å². The Balaban J connectivity index is 1.78. The Bertz CT molecular complexity index is 956. The number of ether oxygens (including phenoxy) is 1. The maximum atomic E-state index is 5.98. The molecule has 3 nitrogen and oxygen atoms in total. The Hall–Kier alpha value is -2.94. The SMILES string of the molecule is CNc1ccccc1Oc1ccc2c(c1)oc1ccccc12. The quantitative estimate of drug-likeness (QED) is 0.547. The fourth-order valence-electron chi connectivity index (χ4n) is 2.66. The van der Waals surface area contributed by atoms with Crippen molar-refractivity contribution in [2.75, 3.05) is 12.4 Å². The van der Waals surface area contributed by atoms with E-state index >= 15 is 0 Å². The molecule has 4 aromatic rings. The van der Waals surface area contributed by atoms with Gasteiger partial charge in [-0.2, -0.15) is 0 Å². The average molecular weight is 289 g/mol. The smallest absolute Gasteiger partial charge is 0.150 e. The largest absolute Gasteiger partial charge is 0.456 e. The topological polar surface area (TPSA) is 34.4 Å². The van der Waals surface area contributed by atoms with Crippen molar-refractivity contribution in [3.05, 3.63) is 66.7 Å². The standard InChI is InChI=1S/C19H15NO2/c1-20-16-7-3-5-9-18(16)21-13-10-11-15-14-6-2-4-8-17(14)22-19(15)12-13/h2-12,20H,1H3. The van der Waals surface area contributed by atoms with Crippen LogP contribution in [0.3, 0.4) is 0 Å². The predicted molar refractivity (Wildman–Crippen MR) is 89.8 cm³/mol. The third-order valence-electron chi connectivity index (χ3n) is 3.73. The van der Waals surface area contributed by atoms with E-state index in [-0.39, 0.29) is 0 Å². The van der Waals surface area contributed by atoms with Crippen LogP contribution in [0, 0.1) is 0 Å². The Morgan fingerprint density at radius 1 is 0.818 bits per heavy atom. The first-order chi connectivity index (χ1) is 10.8. The Morgan fingerprint density at radius 2 is 1.59 bits per heavy atom. The second-order valence-corrected chi connectivity index (χ2v) is 5.10. The fourth-order valence-corrected chi connectivity index (χ4v) is 2.66. The van der Waals surface area contributed by atoms with Crippen molar-refractivity contribution in [1.82, 2.24) is 0 Å². The van der Waals surface area contributed by atoms with Crippen LogP contribution in [-0.2, 0) is 0 Å². The number of furan rings is 1. The van der Waals surface area contributed by atoms with Crippen LogP contribution in [0.5, 0.6) is 11.5 Å². The van der Waals surface area contributed by atoms with Crippen LogP contribution in [-0.4, -0.2) is 7.05 Å². The summed E-state index contributed by atoms with van der Waals surface area (Å²) in [6.07, 6.45) is 0. The summed E-state index contributed by atoms with van der Waals surface area (Å²) < 4.78 is 11.9. The van der Waals surface area contributed by atoms with Gasteiger partial charge in [0.1, 0.15) is 22.7 Å². The second-order valence-electron chi connectivity index (χ2n) is 5.10. The molecule has 0 saturated carbocycles. The molecular formula is C19H15NO2. The molecule has 0 saturated heterocycles. The average Bonchev–Trinajstić information content (AvgIpc) is 2.93. The van der Waals surface area contributed by atoms with Crippen molar-refractivity contribution in [2.24, 2.45) is 0 Å². The van der Waals surface area contributed by atoms with E-state index in [0.717, 1.165) is 39.1 Å². The number of anilines is 1. The van der Waals surface area contributed by atoms with Crippen LogP contribution < -0.4 is 10.1 Å². The number of rotatable bonds is 3. The zero-order chi connectivity index (χ0) is 14.9. The van der Waals surface area contributed by atoms with Gasteiger partial charge in [0, 0.05) is 23.9 Å². The van der Waals surface area contributed by atoms with Crippen molar-refractivity contribution in [2.45, 2.75) is 0 Å². The van der Waals surface area contributed by atoms with Crippen LogP contribution in [0.25, 0.3) is 21.9 Å². The monoisotopic (exact) mass is 289 g/mol. The summed E-state index contributed by atoms with van der Waals surface area (Å²) in [6.45, 7) is 0. The zero-order valence-corrected chi connectivity index (χ0v) is 12.2. The summed E-state index contributed by atoms with van der Waals surface area (Å²) in [4.78, 5) is 0. The van der Waals surface area contributed by atoms with E-state index in [2.05, 4.69) is 11.4 Å². The zero-order valence-electron chi connectivity index (χ0n) is 12.2. The number of para-hydroxylation sites is 3. The third-order valence-corrected chi connectivity index (χ3v) is 3.73. The summed E-state index contributed by atoms with van der Waals surface area (Å²) in [7, 11) is 1.88. The minimum absolute atomic E-state index is 0.759. The van der Waals surface area contributed by atoms with Gasteiger partial charge in [0.2, 0.25) is 0 Å². The maximum Gasteiger partial charge on any atom is 0.150 e. The van der Waals surface area contributed by atoms with Crippen molar-refractivity contribution in [3.63, 3.8) is 0 Å². The fraction of sp³-hybridized carbons (Fsp3) is 0.0526. The molecule has 0 aliphatic heterocycles. The Labute approximate surface area is 128 Å². The van der Waals surface area contributed by atoms with Crippen molar-refractivity contribution in [1.29, 1.82) is 0 Å². The second kappa shape index (κ2) is 5.11. The van der Waals surface area contributed by atoms with E-state index in [1.165, 1.54) is 0 Å². The number of hydrogen-bond donors (Lipinski definition) is 1.